The molecule has 0 radical (unpaired) electrons. The van der Waals surface area contributed by atoms with Crippen LogP contribution in [0.2, 0.25) is 0 Å². The molecule has 0 atom stereocenters. The quantitative estimate of drug-likeness (QED) is 0.207. The van der Waals surface area contributed by atoms with E-state index in [1.54, 1.807) is 11.1 Å². The van der Waals surface area contributed by atoms with E-state index in [9.17, 15) is 14.0 Å². The molecule has 11 heteroatoms. The van der Waals surface area contributed by atoms with E-state index in [4.69, 9.17) is 9.97 Å². The molecule has 0 unspecified atom stereocenters. The molecule has 4 aromatic rings. The van der Waals surface area contributed by atoms with Gasteiger partial charge < -0.3 is 30.3 Å². The normalized spacial score (nSPS) is 16.3. The number of halogens is 1. The average molecular weight is 583 g/mol. The van der Waals surface area contributed by atoms with E-state index in [0.717, 1.165) is 31.9 Å². The number of likely N-dealkylation sites (tertiary alicyclic amines) is 1. The van der Waals surface area contributed by atoms with Crippen molar-refractivity contribution in [1.82, 2.24) is 24.8 Å². The molecule has 43 heavy (non-hydrogen) atoms. The lowest BCUT2D eigenvalue weighted by molar-refractivity contribution is -0.126. The smallest absolute Gasteiger partial charge is 0.245 e. The molecule has 2 saturated heterocycles. The molecule has 1 amide bonds. The zero-order chi connectivity index (χ0) is 29.9. The molecule has 0 saturated carbocycles. The van der Waals surface area contributed by atoms with Crippen molar-refractivity contribution >= 4 is 45.9 Å². The number of carbonyl (C=O) groups is 2. The van der Waals surface area contributed by atoms with Gasteiger partial charge in [-0.3, -0.25) is 9.59 Å². The summed E-state index contributed by atoms with van der Waals surface area (Å²) < 4.78 is 13.5. The Bertz CT molecular complexity index is 1620. The van der Waals surface area contributed by atoms with Gasteiger partial charge in [-0.15, -0.1) is 0 Å². The van der Waals surface area contributed by atoms with Crippen molar-refractivity contribution in [1.29, 1.82) is 0 Å². The molecular weight excluding hydrogens is 547 g/mol. The fourth-order valence-electron chi connectivity index (χ4n) is 5.65. The van der Waals surface area contributed by atoms with Gasteiger partial charge in [0.05, 0.1) is 10.9 Å². The fourth-order valence-corrected chi connectivity index (χ4v) is 5.65. The van der Waals surface area contributed by atoms with Gasteiger partial charge in [0.1, 0.15) is 17.3 Å². The number of aromatic amines is 1. The summed E-state index contributed by atoms with van der Waals surface area (Å²) in [6.07, 6.45) is 4.39. The monoisotopic (exact) mass is 582 g/mol. The van der Waals surface area contributed by atoms with Crippen LogP contribution in [0.15, 0.2) is 67.4 Å². The molecule has 6 rings (SSSR count). The second-order valence-electron chi connectivity index (χ2n) is 11.1. The molecule has 4 heterocycles. The lowest BCUT2D eigenvalue weighted by Gasteiger charge is -2.34. The average Bonchev–Trinajstić information content (AvgIpc) is 3.46. The van der Waals surface area contributed by atoms with Crippen molar-refractivity contribution < 1.29 is 14.0 Å². The molecule has 2 fully saturated rings. The Labute approximate surface area is 249 Å². The highest BCUT2D eigenvalue weighted by Crippen LogP contribution is 2.31. The maximum absolute atomic E-state index is 13.5. The second kappa shape index (κ2) is 12.2. The Balaban J connectivity index is 1.28. The van der Waals surface area contributed by atoms with E-state index >= 15 is 0 Å². The van der Waals surface area contributed by atoms with E-state index < -0.39 is 5.82 Å². The van der Waals surface area contributed by atoms with Crippen molar-refractivity contribution in [2.24, 2.45) is 0 Å². The van der Waals surface area contributed by atoms with Gasteiger partial charge in [0, 0.05) is 68.4 Å². The highest BCUT2D eigenvalue weighted by molar-refractivity contribution is 6.18. The predicted molar refractivity (Wildman–Crippen MR) is 167 cm³/mol. The van der Waals surface area contributed by atoms with Crippen molar-refractivity contribution in [3.8, 4) is 0 Å². The molecule has 222 valence electrons. The van der Waals surface area contributed by atoms with Crippen molar-refractivity contribution in [2.45, 2.75) is 18.9 Å². The number of piperazine rings is 1. The number of nitrogens with zero attached hydrogens (tertiary/aromatic N) is 5. The molecule has 2 aliphatic heterocycles. The SMILES string of the molecule is C=CC(=O)N1CCC(Nc2nc(Nc3ccc(N4CCN(C)CC4)cc3)nc3[nH]cc(C(=O)c4ccc(F)cc4)c23)CC1. The van der Waals surface area contributed by atoms with Crippen molar-refractivity contribution in [2.75, 3.05) is 61.8 Å². The molecule has 0 bridgehead atoms. The summed E-state index contributed by atoms with van der Waals surface area (Å²) >= 11 is 0. The Morgan fingerprint density at radius 1 is 0.977 bits per heavy atom. The first-order valence-corrected chi connectivity index (χ1v) is 14.6. The maximum atomic E-state index is 13.5. The topological polar surface area (TPSA) is 109 Å². The summed E-state index contributed by atoms with van der Waals surface area (Å²) in [6, 6.07) is 13.7. The highest BCUT2D eigenvalue weighted by Gasteiger charge is 2.25. The summed E-state index contributed by atoms with van der Waals surface area (Å²) in [5, 5.41) is 7.41. The number of hydrogen-bond acceptors (Lipinski definition) is 8. The summed E-state index contributed by atoms with van der Waals surface area (Å²) in [6.45, 7) is 8.83. The van der Waals surface area contributed by atoms with Crippen LogP contribution in [0.3, 0.4) is 0 Å². The lowest BCUT2D eigenvalue weighted by atomic mass is 10.0. The lowest BCUT2D eigenvalue weighted by Crippen LogP contribution is -2.44. The summed E-state index contributed by atoms with van der Waals surface area (Å²) in [5.41, 5.74) is 3.28. The van der Waals surface area contributed by atoms with Crippen molar-refractivity contribution in [3.63, 3.8) is 0 Å². The largest absolute Gasteiger partial charge is 0.369 e. The fraction of sp³-hybridized carbons (Fsp3) is 0.312. The predicted octanol–water partition coefficient (Wildman–Crippen LogP) is 4.41. The zero-order valence-electron chi connectivity index (χ0n) is 24.1. The van der Waals surface area contributed by atoms with Crippen LogP contribution < -0.4 is 15.5 Å². The third kappa shape index (κ3) is 6.21. The summed E-state index contributed by atoms with van der Waals surface area (Å²) in [5.74, 6) is 0.149. The number of benzene rings is 2. The van der Waals surface area contributed by atoms with Gasteiger partial charge in [0.25, 0.3) is 0 Å². The van der Waals surface area contributed by atoms with Gasteiger partial charge in [0.2, 0.25) is 11.9 Å². The molecule has 0 spiro atoms. The van der Waals surface area contributed by atoms with Crippen LogP contribution in [0.5, 0.6) is 0 Å². The molecular formula is C32H35FN8O2. The third-order valence-electron chi connectivity index (χ3n) is 8.20. The Hall–Kier alpha value is -4.77. The number of carbonyl (C=O) groups excluding carboxylic acids is 2. The molecule has 0 aliphatic carbocycles. The molecule has 3 N–H and O–H groups in total. The second-order valence-corrected chi connectivity index (χ2v) is 11.1. The first-order valence-electron chi connectivity index (χ1n) is 14.6. The number of piperidine rings is 1. The van der Waals surface area contributed by atoms with E-state index in [1.807, 2.05) is 12.1 Å². The number of anilines is 4. The zero-order valence-corrected chi connectivity index (χ0v) is 24.1. The standard InChI is InChI=1S/C32H35FN8O2/c1-3-27(42)41-14-12-24(13-15-41)35-31-28-26(29(43)21-4-6-22(33)7-5-21)20-34-30(28)37-32(38-31)36-23-8-10-25(11-9-23)40-18-16-39(2)17-19-40/h3-11,20,24H,1,12-19H2,2H3,(H3,34,35,36,37,38). The molecule has 2 aromatic carbocycles. The van der Waals surface area contributed by atoms with Gasteiger partial charge in [-0.2, -0.15) is 9.97 Å². The molecule has 2 aliphatic rings. The molecule has 10 nitrogen and oxygen atoms in total. The van der Waals surface area contributed by atoms with Gasteiger partial charge >= 0.3 is 0 Å². The van der Waals surface area contributed by atoms with Crippen LogP contribution in [0.4, 0.5) is 27.5 Å². The van der Waals surface area contributed by atoms with Gasteiger partial charge in [-0.1, -0.05) is 6.58 Å². The van der Waals surface area contributed by atoms with Crippen LogP contribution in [0, 0.1) is 5.82 Å². The number of aromatic nitrogens is 3. The van der Waals surface area contributed by atoms with Crippen LogP contribution in [0.1, 0.15) is 28.8 Å². The maximum Gasteiger partial charge on any atom is 0.245 e. The minimum absolute atomic E-state index is 0.0337. The minimum atomic E-state index is -0.408. The van der Waals surface area contributed by atoms with Crippen LogP contribution in [0.25, 0.3) is 11.0 Å². The van der Waals surface area contributed by atoms with Crippen LogP contribution >= 0.6 is 0 Å². The van der Waals surface area contributed by atoms with Gasteiger partial charge in [-0.25, -0.2) is 4.39 Å². The number of amides is 1. The number of rotatable bonds is 8. The van der Waals surface area contributed by atoms with E-state index in [2.05, 4.69) is 51.2 Å². The first-order chi connectivity index (χ1) is 20.9. The van der Waals surface area contributed by atoms with E-state index in [1.165, 1.54) is 36.0 Å². The van der Waals surface area contributed by atoms with E-state index in [-0.39, 0.29) is 17.7 Å². The minimum Gasteiger partial charge on any atom is -0.369 e. The first kappa shape index (κ1) is 28.4. The van der Waals surface area contributed by atoms with Gasteiger partial charge in [0.15, 0.2) is 5.78 Å². The Morgan fingerprint density at radius 3 is 2.35 bits per heavy atom. The Morgan fingerprint density at radius 2 is 1.67 bits per heavy atom. The highest BCUT2D eigenvalue weighted by atomic mass is 19.1. The number of fused-ring (bicyclic) bond motifs is 1. The van der Waals surface area contributed by atoms with Crippen LogP contribution in [-0.4, -0.2) is 88.8 Å². The Kier molecular flexibility index (Phi) is 8.06. The number of nitrogens with one attached hydrogen (secondary N) is 3. The summed E-state index contributed by atoms with van der Waals surface area (Å²) in [7, 11) is 2.14. The van der Waals surface area contributed by atoms with Crippen LogP contribution in [-0.2, 0) is 4.79 Å². The third-order valence-corrected chi connectivity index (χ3v) is 8.20. The molecule has 2 aromatic heterocycles. The summed E-state index contributed by atoms with van der Waals surface area (Å²) in [4.78, 5) is 44.7. The number of hydrogen-bond donors (Lipinski definition) is 3. The number of ketones is 1. The number of likely N-dealkylation sites (N-methyl/N-ethyl adjacent to an activating group) is 1. The van der Waals surface area contributed by atoms with E-state index in [0.29, 0.717) is 59.9 Å². The van der Waals surface area contributed by atoms with Gasteiger partial charge in [-0.05, 0) is 74.5 Å². The van der Waals surface area contributed by atoms with Crippen molar-refractivity contribution in [3.05, 3.63) is 84.3 Å². The number of H-pyrrole nitrogens is 1.